The van der Waals surface area contributed by atoms with E-state index in [4.69, 9.17) is 4.52 Å². The van der Waals surface area contributed by atoms with Gasteiger partial charge in [0.05, 0.1) is 5.92 Å². The molecule has 7 nitrogen and oxygen atoms in total. The van der Waals surface area contributed by atoms with Crippen LogP contribution in [0.25, 0.3) is 11.4 Å². The van der Waals surface area contributed by atoms with Gasteiger partial charge in [0.2, 0.25) is 17.6 Å². The van der Waals surface area contributed by atoms with Crippen LogP contribution in [0.3, 0.4) is 0 Å². The van der Waals surface area contributed by atoms with Crippen LogP contribution in [-0.2, 0) is 4.79 Å². The average Bonchev–Trinajstić information content (AvgIpc) is 3.30. The van der Waals surface area contributed by atoms with E-state index < -0.39 is 6.04 Å². The van der Waals surface area contributed by atoms with Crippen molar-refractivity contribution in [1.29, 1.82) is 0 Å². The van der Waals surface area contributed by atoms with Crippen LogP contribution in [0.4, 0.5) is 4.39 Å². The van der Waals surface area contributed by atoms with Gasteiger partial charge < -0.3 is 14.7 Å². The van der Waals surface area contributed by atoms with E-state index in [1.807, 2.05) is 31.2 Å². The quantitative estimate of drug-likeness (QED) is 0.655. The summed E-state index contributed by atoms with van der Waals surface area (Å²) in [6, 6.07) is 12.7. The molecular formula is C24H25FN4O3. The standard InChI is InChI=1S/C24H25FN4O3/c1-15-5-7-18(8-6-15)24(31)29-13-3-4-19(14-29)22(30)26-16(2)23-27-21(28-32-23)17-9-11-20(25)12-10-17/h5-12,16,19H,3-4,13-14H2,1-2H3,(H,26,30). The number of hydrogen-bond acceptors (Lipinski definition) is 5. The summed E-state index contributed by atoms with van der Waals surface area (Å²) in [7, 11) is 0. The molecule has 4 rings (SSSR count). The second-order valence-electron chi connectivity index (χ2n) is 8.15. The van der Waals surface area contributed by atoms with Crippen molar-refractivity contribution in [2.24, 2.45) is 5.92 Å². The highest BCUT2D eigenvalue weighted by Gasteiger charge is 2.30. The van der Waals surface area contributed by atoms with Crippen molar-refractivity contribution in [2.75, 3.05) is 13.1 Å². The minimum Gasteiger partial charge on any atom is -0.344 e. The molecule has 1 aliphatic heterocycles. The zero-order chi connectivity index (χ0) is 22.7. The monoisotopic (exact) mass is 436 g/mol. The first-order valence-electron chi connectivity index (χ1n) is 10.7. The lowest BCUT2D eigenvalue weighted by atomic mass is 9.96. The summed E-state index contributed by atoms with van der Waals surface area (Å²) < 4.78 is 18.4. The first kappa shape index (κ1) is 21.7. The van der Waals surface area contributed by atoms with Gasteiger partial charge >= 0.3 is 0 Å². The molecular weight excluding hydrogens is 411 g/mol. The van der Waals surface area contributed by atoms with Gasteiger partial charge in [0.25, 0.3) is 5.91 Å². The first-order chi connectivity index (χ1) is 15.4. The summed E-state index contributed by atoms with van der Waals surface area (Å²) in [5, 5.41) is 6.83. The summed E-state index contributed by atoms with van der Waals surface area (Å²) >= 11 is 0. The summed E-state index contributed by atoms with van der Waals surface area (Å²) in [5.74, 6) is -0.271. The largest absolute Gasteiger partial charge is 0.344 e. The number of halogens is 1. The van der Waals surface area contributed by atoms with Crippen molar-refractivity contribution in [1.82, 2.24) is 20.4 Å². The van der Waals surface area contributed by atoms with Crippen LogP contribution in [0.15, 0.2) is 53.1 Å². The molecule has 2 aromatic carbocycles. The van der Waals surface area contributed by atoms with Gasteiger partial charge in [-0.25, -0.2) is 4.39 Å². The molecule has 2 amide bonds. The Morgan fingerprint density at radius 1 is 1.16 bits per heavy atom. The number of carbonyl (C=O) groups is 2. The van der Waals surface area contributed by atoms with Gasteiger partial charge in [0, 0.05) is 24.2 Å². The fraction of sp³-hybridized carbons (Fsp3) is 0.333. The molecule has 1 fully saturated rings. The average molecular weight is 436 g/mol. The number of aryl methyl sites for hydroxylation is 1. The van der Waals surface area contributed by atoms with Crippen molar-refractivity contribution >= 4 is 11.8 Å². The Morgan fingerprint density at radius 2 is 1.88 bits per heavy atom. The Hall–Kier alpha value is -3.55. The highest BCUT2D eigenvalue weighted by molar-refractivity contribution is 5.94. The molecule has 1 aliphatic rings. The van der Waals surface area contributed by atoms with Gasteiger partial charge in [-0.1, -0.05) is 22.9 Å². The number of hydrogen-bond donors (Lipinski definition) is 1. The number of aromatic nitrogens is 2. The summed E-state index contributed by atoms with van der Waals surface area (Å²) in [5.41, 5.74) is 2.34. The van der Waals surface area contributed by atoms with Gasteiger partial charge in [-0.2, -0.15) is 4.98 Å². The predicted octanol–water partition coefficient (Wildman–Crippen LogP) is 3.91. The molecule has 1 aromatic heterocycles. The second kappa shape index (κ2) is 9.30. The van der Waals surface area contributed by atoms with Crippen molar-refractivity contribution in [3.63, 3.8) is 0 Å². The minimum absolute atomic E-state index is 0.0589. The maximum Gasteiger partial charge on any atom is 0.253 e. The molecule has 0 radical (unpaired) electrons. The topological polar surface area (TPSA) is 88.3 Å². The van der Waals surface area contributed by atoms with Crippen LogP contribution >= 0.6 is 0 Å². The Balaban J connectivity index is 1.37. The summed E-state index contributed by atoms with van der Waals surface area (Å²) in [6.07, 6.45) is 1.47. The third-order valence-electron chi connectivity index (χ3n) is 5.65. The van der Waals surface area contributed by atoms with Gasteiger partial charge in [-0.05, 0) is 63.1 Å². The fourth-order valence-electron chi connectivity index (χ4n) is 3.77. The van der Waals surface area contributed by atoms with E-state index in [-0.39, 0.29) is 29.4 Å². The van der Waals surface area contributed by atoms with E-state index in [0.29, 0.717) is 36.5 Å². The van der Waals surface area contributed by atoms with Crippen LogP contribution in [0.1, 0.15) is 47.6 Å². The molecule has 8 heteroatoms. The lowest BCUT2D eigenvalue weighted by Crippen LogP contribution is -2.45. The third-order valence-corrected chi connectivity index (χ3v) is 5.65. The highest BCUT2D eigenvalue weighted by Crippen LogP contribution is 2.22. The Kier molecular flexibility index (Phi) is 6.30. The molecule has 32 heavy (non-hydrogen) atoms. The number of rotatable bonds is 5. The predicted molar refractivity (Wildman–Crippen MR) is 116 cm³/mol. The molecule has 2 atom stereocenters. The van der Waals surface area contributed by atoms with Crippen LogP contribution in [0.2, 0.25) is 0 Å². The van der Waals surface area contributed by atoms with Crippen molar-refractivity contribution in [3.8, 4) is 11.4 Å². The Labute approximate surface area is 185 Å². The minimum atomic E-state index is -0.493. The molecule has 0 spiro atoms. The fourth-order valence-corrected chi connectivity index (χ4v) is 3.77. The summed E-state index contributed by atoms with van der Waals surface area (Å²) in [4.78, 5) is 31.7. The first-order valence-corrected chi connectivity index (χ1v) is 10.7. The zero-order valence-electron chi connectivity index (χ0n) is 18.0. The van der Waals surface area contributed by atoms with Crippen molar-refractivity contribution in [3.05, 3.63) is 71.4 Å². The number of likely N-dealkylation sites (tertiary alicyclic amines) is 1. The Morgan fingerprint density at radius 3 is 2.59 bits per heavy atom. The molecule has 0 bridgehead atoms. The lowest BCUT2D eigenvalue weighted by Gasteiger charge is -2.32. The highest BCUT2D eigenvalue weighted by atomic mass is 19.1. The molecule has 166 valence electrons. The van der Waals surface area contributed by atoms with E-state index in [0.717, 1.165) is 12.0 Å². The third kappa shape index (κ3) is 4.85. The Bertz CT molecular complexity index is 1100. The SMILES string of the molecule is Cc1ccc(C(=O)N2CCCC(C(=O)NC(C)c3nc(-c4ccc(F)cc4)no3)C2)cc1. The van der Waals surface area contributed by atoms with Crippen LogP contribution in [-0.4, -0.2) is 39.9 Å². The lowest BCUT2D eigenvalue weighted by molar-refractivity contribution is -0.127. The van der Waals surface area contributed by atoms with Crippen LogP contribution in [0.5, 0.6) is 0 Å². The molecule has 0 aliphatic carbocycles. The number of benzene rings is 2. The van der Waals surface area contributed by atoms with E-state index in [2.05, 4.69) is 15.5 Å². The summed E-state index contributed by atoms with van der Waals surface area (Å²) in [6.45, 7) is 4.74. The van der Waals surface area contributed by atoms with Crippen molar-refractivity contribution in [2.45, 2.75) is 32.7 Å². The van der Waals surface area contributed by atoms with Crippen molar-refractivity contribution < 1.29 is 18.5 Å². The number of carbonyl (C=O) groups excluding carboxylic acids is 2. The van der Waals surface area contributed by atoms with E-state index in [1.54, 1.807) is 24.0 Å². The molecule has 2 heterocycles. The van der Waals surface area contributed by atoms with Gasteiger partial charge in [-0.15, -0.1) is 0 Å². The molecule has 0 saturated carbocycles. The maximum absolute atomic E-state index is 13.1. The second-order valence-corrected chi connectivity index (χ2v) is 8.15. The number of nitrogens with zero attached hydrogens (tertiary/aromatic N) is 3. The maximum atomic E-state index is 13.1. The van der Waals surface area contributed by atoms with Crippen LogP contribution in [0, 0.1) is 18.7 Å². The van der Waals surface area contributed by atoms with E-state index in [9.17, 15) is 14.0 Å². The smallest absolute Gasteiger partial charge is 0.253 e. The van der Waals surface area contributed by atoms with Gasteiger partial charge in [0.15, 0.2) is 0 Å². The normalized spacial score (nSPS) is 17.1. The zero-order valence-corrected chi connectivity index (χ0v) is 18.0. The van der Waals surface area contributed by atoms with Gasteiger partial charge in [-0.3, -0.25) is 9.59 Å². The van der Waals surface area contributed by atoms with E-state index >= 15 is 0 Å². The molecule has 1 N–H and O–H groups in total. The molecule has 1 saturated heterocycles. The number of nitrogens with one attached hydrogen (secondary N) is 1. The van der Waals surface area contributed by atoms with E-state index in [1.165, 1.54) is 12.1 Å². The molecule has 3 aromatic rings. The van der Waals surface area contributed by atoms with Gasteiger partial charge in [0.1, 0.15) is 11.9 Å². The molecule has 2 unspecified atom stereocenters. The number of piperidine rings is 1. The van der Waals surface area contributed by atoms with Crippen LogP contribution < -0.4 is 5.32 Å². The number of amides is 2.